The molecule has 6 nitrogen and oxygen atoms in total. The summed E-state index contributed by atoms with van der Waals surface area (Å²) in [4.78, 5) is 25.6. The van der Waals surface area contributed by atoms with Gasteiger partial charge in [0, 0.05) is 16.5 Å². The minimum absolute atomic E-state index is 0.0727. The second-order valence-electron chi connectivity index (χ2n) is 6.50. The van der Waals surface area contributed by atoms with Crippen LogP contribution in [0, 0.1) is 0 Å². The number of thioether (sulfide) groups is 1. The maximum Gasteiger partial charge on any atom is 0.256 e. The highest BCUT2D eigenvalue weighted by atomic mass is 35.5. The number of amides is 2. The number of aromatic nitrogens is 2. The lowest BCUT2D eigenvalue weighted by molar-refractivity contribution is -0.115. The molecule has 29 heavy (non-hydrogen) atoms. The first-order valence-corrected chi connectivity index (χ1v) is 10.4. The summed E-state index contributed by atoms with van der Waals surface area (Å²) in [6.45, 7) is 2.20. The van der Waals surface area contributed by atoms with Crippen LogP contribution in [0.3, 0.4) is 0 Å². The van der Waals surface area contributed by atoms with E-state index in [-0.39, 0.29) is 17.1 Å². The molecule has 1 aliphatic heterocycles. The zero-order valence-corrected chi connectivity index (χ0v) is 17.6. The lowest BCUT2D eigenvalue weighted by Gasteiger charge is -2.21. The number of benzene rings is 2. The van der Waals surface area contributed by atoms with Crippen molar-refractivity contribution in [2.75, 3.05) is 10.6 Å². The number of rotatable bonds is 4. The molecule has 2 amide bonds. The molecular formula is C20H16Cl2N4O2S. The third-order valence-electron chi connectivity index (χ3n) is 4.48. The van der Waals surface area contributed by atoms with Gasteiger partial charge in [-0.05, 0) is 36.8 Å². The second kappa shape index (κ2) is 8.10. The molecule has 2 aromatic carbocycles. The average molecular weight is 447 g/mol. The van der Waals surface area contributed by atoms with E-state index < -0.39 is 0 Å². The van der Waals surface area contributed by atoms with Gasteiger partial charge in [0.15, 0.2) is 0 Å². The quantitative estimate of drug-likeness (QED) is 0.595. The van der Waals surface area contributed by atoms with Crippen molar-refractivity contribution in [3.8, 4) is 0 Å². The molecule has 0 unspecified atom stereocenters. The van der Waals surface area contributed by atoms with E-state index in [1.165, 1.54) is 11.8 Å². The van der Waals surface area contributed by atoms with E-state index in [1.54, 1.807) is 35.1 Å². The number of fused-ring (bicyclic) bond motifs is 1. The van der Waals surface area contributed by atoms with Crippen molar-refractivity contribution < 1.29 is 9.59 Å². The second-order valence-corrected chi connectivity index (χ2v) is 8.67. The lowest BCUT2D eigenvalue weighted by Crippen LogP contribution is -2.26. The first kappa shape index (κ1) is 19.8. The number of anilines is 2. The molecule has 3 aromatic rings. The Balaban J connectivity index is 1.53. The van der Waals surface area contributed by atoms with Crippen LogP contribution >= 0.6 is 35.0 Å². The monoisotopic (exact) mass is 446 g/mol. The van der Waals surface area contributed by atoms with Crippen molar-refractivity contribution in [3.05, 3.63) is 69.8 Å². The highest BCUT2D eigenvalue weighted by molar-refractivity contribution is 8.00. The van der Waals surface area contributed by atoms with Gasteiger partial charge in [-0.2, -0.15) is 5.10 Å². The first-order valence-electron chi connectivity index (χ1n) is 8.80. The Morgan fingerprint density at radius 2 is 2.10 bits per heavy atom. The van der Waals surface area contributed by atoms with Gasteiger partial charge in [0.1, 0.15) is 5.82 Å². The normalized spacial score (nSPS) is 15.6. The van der Waals surface area contributed by atoms with Gasteiger partial charge in [0.25, 0.3) is 5.91 Å². The fourth-order valence-electron chi connectivity index (χ4n) is 2.94. The van der Waals surface area contributed by atoms with Crippen LogP contribution in [0.1, 0.15) is 22.8 Å². The predicted molar refractivity (Wildman–Crippen MR) is 116 cm³/mol. The minimum Gasteiger partial charge on any atom is -0.324 e. The maximum absolute atomic E-state index is 12.8. The topological polar surface area (TPSA) is 76.0 Å². The Bertz CT molecular complexity index is 1120. The smallest absolute Gasteiger partial charge is 0.256 e. The van der Waals surface area contributed by atoms with Crippen LogP contribution in [0.2, 0.25) is 10.0 Å². The molecule has 0 saturated carbocycles. The van der Waals surface area contributed by atoms with Gasteiger partial charge in [0.05, 0.1) is 33.7 Å². The van der Waals surface area contributed by atoms with Crippen molar-refractivity contribution in [1.82, 2.24) is 9.78 Å². The summed E-state index contributed by atoms with van der Waals surface area (Å²) in [6, 6.07) is 12.3. The molecule has 4 rings (SSSR count). The van der Waals surface area contributed by atoms with Crippen LogP contribution in [-0.4, -0.2) is 26.8 Å². The zero-order valence-electron chi connectivity index (χ0n) is 15.3. The number of carbonyl (C=O) groups excluding carboxylic acids is 2. The van der Waals surface area contributed by atoms with E-state index in [9.17, 15) is 9.59 Å². The maximum atomic E-state index is 12.8. The largest absolute Gasteiger partial charge is 0.324 e. The Kier molecular flexibility index (Phi) is 5.54. The Labute approximate surface area is 181 Å². The zero-order chi connectivity index (χ0) is 20.5. The molecule has 0 saturated heterocycles. The first-order chi connectivity index (χ1) is 13.9. The molecule has 2 N–H and O–H groups in total. The third kappa shape index (κ3) is 4.12. The van der Waals surface area contributed by atoms with Crippen molar-refractivity contribution in [2.24, 2.45) is 0 Å². The Morgan fingerprint density at radius 1 is 1.28 bits per heavy atom. The number of hydrogen-bond donors (Lipinski definition) is 2. The molecule has 2 heterocycles. The number of carbonyl (C=O) groups is 2. The van der Waals surface area contributed by atoms with Crippen molar-refractivity contribution >= 4 is 58.3 Å². The van der Waals surface area contributed by atoms with Crippen LogP contribution < -0.4 is 10.6 Å². The standard InChI is InChI=1S/C20H16Cl2N4O2S/c1-11-19(27)24-15-9-12(5-6-16(15)29-11)20(28)25-17-7-8-23-26(17)10-13-3-2-4-14(21)18(13)22/h2-9,11H,10H2,1H3,(H,24,27)(H,25,28)/t11-/m1/s1. The summed E-state index contributed by atoms with van der Waals surface area (Å²) in [5.41, 5.74) is 1.87. The van der Waals surface area contributed by atoms with Crippen molar-refractivity contribution in [2.45, 2.75) is 23.6 Å². The Hall–Kier alpha value is -2.48. The van der Waals surface area contributed by atoms with Gasteiger partial charge in [-0.3, -0.25) is 9.59 Å². The molecule has 0 bridgehead atoms. The molecule has 0 radical (unpaired) electrons. The van der Waals surface area contributed by atoms with Crippen LogP contribution in [0.5, 0.6) is 0 Å². The van der Waals surface area contributed by atoms with E-state index in [0.717, 1.165) is 10.5 Å². The predicted octanol–water partition coefficient (Wildman–Crippen LogP) is 4.92. The molecule has 1 atom stereocenters. The van der Waals surface area contributed by atoms with Crippen LogP contribution in [0.4, 0.5) is 11.5 Å². The molecule has 1 aromatic heterocycles. The fraction of sp³-hybridized carbons (Fsp3) is 0.150. The van der Waals surface area contributed by atoms with Gasteiger partial charge in [-0.1, -0.05) is 35.3 Å². The summed E-state index contributed by atoms with van der Waals surface area (Å²) in [6.07, 6.45) is 1.60. The van der Waals surface area contributed by atoms with E-state index >= 15 is 0 Å². The van der Waals surface area contributed by atoms with Gasteiger partial charge < -0.3 is 10.6 Å². The van der Waals surface area contributed by atoms with Gasteiger partial charge in [0.2, 0.25) is 5.91 Å². The van der Waals surface area contributed by atoms with E-state index in [2.05, 4.69) is 15.7 Å². The van der Waals surface area contributed by atoms with Gasteiger partial charge in [-0.15, -0.1) is 11.8 Å². The molecule has 9 heteroatoms. The van der Waals surface area contributed by atoms with Crippen LogP contribution in [0.15, 0.2) is 53.6 Å². The fourth-order valence-corrected chi connectivity index (χ4v) is 4.25. The third-order valence-corrected chi connectivity index (χ3v) is 6.52. The Morgan fingerprint density at radius 3 is 2.93 bits per heavy atom. The number of hydrogen-bond acceptors (Lipinski definition) is 4. The van der Waals surface area contributed by atoms with Gasteiger partial charge >= 0.3 is 0 Å². The summed E-state index contributed by atoms with van der Waals surface area (Å²) in [5, 5.41) is 10.7. The SMILES string of the molecule is C[C@H]1Sc2ccc(C(=O)Nc3ccnn3Cc3cccc(Cl)c3Cl)cc2NC1=O. The number of halogens is 2. The van der Waals surface area contributed by atoms with Crippen LogP contribution in [0.25, 0.3) is 0 Å². The van der Waals surface area contributed by atoms with Crippen molar-refractivity contribution in [3.63, 3.8) is 0 Å². The number of nitrogens with one attached hydrogen (secondary N) is 2. The van der Waals surface area contributed by atoms with Crippen molar-refractivity contribution in [1.29, 1.82) is 0 Å². The van der Waals surface area contributed by atoms with E-state index in [4.69, 9.17) is 23.2 Å². The summed E-state index contributed by atoms with van der Waals surface area (Å²) >= 11 is 13.8. The molecule has 148 valence electrons. The molecule has 1 aliphatic rings. The summed E-state index contributed by atoms with van der Waals surface area (Å²) in [5.74, 6) is 0.150. The van der Waals surface area contributed by atoms with E-state index in [1.807, 2.05) is 25.1 Å². The highest BCUT2D eigenvalue weighted by Gasteiger charge is 2.24. The highest BCUT2D eigenvalue weighted by Crippen LogP contribution is 2.36. The summed E-state index contributed by atoms with van der Waals surface area (Å²) < 4.78 is 1.63. The average Bonchev–Trinajstić information content (AvgIpc) is 3.12. The van der Waals surface area contributed by atoms with Crippen LogP contribution in [-0.2, 0) is 11.3 Å². The number of nitrogens with zero attached hydrogens (tertiary/aromatic N) is 2. The molecule has 0 spiro atoms. The molecular weight excluding hydrogens is 431 g/mol. The molecule has 0 aliphatic carbocycles. The van der Waals surface area contributed by atoms with Gasteiger partial charge in [-0.25, -0.2) is 4.68 Å². The summed E-state index contributed by atoms with van der Waals surface area (Å²) in [7, 11) is 0. The molecule has 0 fully saturated rings. The lowest BCUT2D eigenvalue weighted by atomic mass is 10.1. The van der Waals surface area contributed by atoms with E-state index in [0.29, 0.717) is 33.7 Å². The minimum atomic E-state index is -0.301.